The molecular formula is C20H22N2O3. The molecular weight excluding hydrogens is 316 g/mol. The van der Waals surface area contributed by atoms with Gasteiger partial charge in [-0.3, -0.25) is 14.8 Å². The van der Waals surface area contributed by atoms with Crippen molar-refractivity contribution in [1.82, 2.24) is 0 Å². The average molecular weight is 338 g/mol. The molecule has 0 fully saturated rings. The predicted molar refractivity (Wildman–Crippen MR) is 100 cm³/mol. The zero-order valence-corrected chi connectivity index (χ0v) is 14.0. The zero-order valence-electron chi connectivity index (χ0n) is 14.0. The van der Waals surface area contributed by atoms with Crippen molar-refractivity contribution in [3.63, 3.8) is 0 Å². The molecule has 0 aliphatic rings. The number of aliphatic imine (C=N–C) groups is 2. The number of unbranched alkanes of at least 4 members (excludes halogenated alkanes) is 2. The van der Waals surface area contributed by atoms with Gasteiger partial charge in [0.2, 0.25) is 0 Å². The van der Waals surface area contributed by atoms with Gasteiger partial charge in [-0.1, -0.05) is 30.3 Å². The van der Waals surface area contributed by atoms with E-state index < -0.39 is 6.29 Å². The fraction of sp³-hybridized carbons (Fsp3) is 0.250. The lowest BCUT2D eigenvalue weighted by atomic mass is 10.2. The number of carbonyl (C=O) groups excluding carboxylic acids is 1. The maximum Gasteiger partial charge on any atom is 0.151 e. The van der Waals surface area contributed by atoms with E-state index in [4.69, 9.17) is 10.2 Å². The second-order valence-corrected chi connectivity index (χ2v) is 5.61. The molecule has 0 aliphatic carbocycles. The van der Waals surface area contributed by atoms with Gasteiger partial charge < -0.3 is 10.2 Å². The van der Waals surface area contributed by atoms with Crippen LogP contribution in [0.15, 0.2) is 58.5 Å². The lowest BCUT2D eigenvalue weighted by molar-refractivity contribution is -0.0464. The molecule has 0 bridgehead atoms. The highest BCUT2D eigenvalue weighted by atomic mass is 16.5. The van der Waals surface area contributed by atoms with E-state index >= 15 is 0 Å². The normalized spacial score (nSPS) is 11.6. The van der Waals surface area contributed by atoms with E-state index in [-0.39, 0.29) is 0 Å². The van der Waals surface area contributed by atoms with Crippen LogP contribution in [0.2, 0.25) is 0 Å². The third-order valence-electron chi connectivity index (χ3n) is 3.56. The number of aliphatic hydroxyl groups is 2. The molecule has 0 heterocycles. The molecule has 2 aromatic carbocycles. The van der Waals surface area contributed by atoms with Gasteiger partial charge in [0.05, 0.1) is 11.4 Å². The van der Waals surface area contributed by atoms with E-state index in [0.29, 0.717) is 23.4 Å². The van der Waals surface area contributed by atoms with Crippen LogP contribution in [-0.4, -0.2) is 35.2 Å². The minimum absolute atomic E-state index is 0.362. The van der Waals surface area contributed by atoms with E-state index in [9.17, 15) is 4.79 Å². The molecule has 2 aromatic rings. The minimum Gasteiger partial charge on any atom is -0.368 e. The Morgan fingerprint density at radius 2 is 1.72 bits per heavy atom. The molecule has 0 unspecified atom stereocenters. The van der Waals surface area contributed by atoms with Crippen LogP contribution >= 0.6 is 0 Å². The van der Waals surface area contributed by atoms with E-state index in [1.165, 1.54) is 0 Å². The van der Waals surface area contributed by atoms with E-state index in [1.807, 2.05) is 30.3 Å². The van der Waals surface area contributed by atoms with Crippen LogP contribution in [-0.2, 0) is 0 Å². The summed E-state index contributed by atoms with van der Waals surface area (Å²) in [6.45, 7) is 0. The van der Waals surface area contributed by atoms with Crippen molar-refractivity contribution in [2.75, 3.05) is 0 Å². The molecule has 0 radical (unpaired) electrons. The largest absolute Gasteiger partial charge is 0.368 e. The Balaban J connectivity index is 2.06. The summed E-state index contributed by atoms with van der Waals surface area (Å²) in [6.07, 6.45) is 5.69. The fourth-order valence-electron chi connectivity index (χ4n) is 2.23. The van der Waals surface area contributed by atoms with Gasteiger partial charge in [0.1, 0.15) is 6.29 Å². The van der Waals surface area contributed by atoms with Crippen LogP contribution in [0.3, 0.4) is 0 Å². The number of aldehydes is 1. The fourth-order valence-corrected chi connectivity index (χ4v) is 2.23. The van der Waals surface area contributed by atoms with Crippen LogP contribution in [0.1, 0.15) is 41.6 Å². The molecule has 0 amide bonds. The Labute approximate surface area is 147 Å². The SMILES string of the molecule is O=Cc1ccc(/N=C/c2ccccc2)c(/N=C/CCCCC(O)O)c1. The van der Waals surface area contributed by atoms with Gasteiger partial charge in [-0.2, -0.15) is 0 Å². The van der Waals surface area contributed by atoms with Crippen molar-refractivity contribution in [1.29, 1.82) is 0 Å². The number of nitrogens with zero attached hydrogens (tertiary/aromatic N) is 2. The third kappa shape index (κ3) is 6.79. The number of hydrogen-bond donors (Lipinski definition) is 2. The Hall–Kier alpha value is -2.63. The van der Waals surface area contributed by atoms with Crippen molar-refractivity contribution in [2.24, 2.45) is 9.98 Å². The van der Waals surface area contributed by atoms with Gasteiger partial charge in [0, 0.05) is 18.0 Å². The molecule has 0 saturated heterocycles. The molecule has 25 heavy (non-hydrogen) atoms. The summed E-state index contributed by atoms with van der Waals surface area (Å²) in [7, 11) is 0. The van der Waals surface area contributed by atoms with Gasteiger partial charge in [0.25, 0.3) is 0 Å². The first-order chi connectivity index (χ1) is 12.2. The van der Waals surface area contributed by atoms with E-state index in [2.05, 4.69) is 9.98 Å². The second-order valence-electron chi connectivity index (χ2n) is 5.61. The first-order valence-corrected chi connectivity index (χ1v) is 8.26. The molecule has 0 saturated carbocycles. The number of carbonyl (C=O) groups is 1. The van der Waals surface area contributed by atoms with Crippen LogP contribution in [0.5, 0.6) is 0 Å². The third-order valence-corrected chi connectivity index (χ3v) is 3.56. The van der Waals surface area contributed by atoms with Crippen molar-refractivity contribution in [3.05, 3.63) is 59.7 Å². The molecule has 5 heteroatoms. The average Bonchev–Trinajstić information content (AvgIpc) is 2.64. The van der Waals surface area contributed by atoms with Crippen molar-refractivity contribution >= 4 is 30.1 Å². The molecule has 130 valence electrons. The van der Waals surface area contributed by atoms with Crippen LogP contribution in [0, 0.1) is 0 Å². The maximum absolute atomic E-state index is 11.0. The summed E-state index contributed by atoms with van der Waals surface area (Å²) >= 11 is 0. The number of hydrogen-bond acceptors (Lipinski definition) is 5. The lowest BCUT2D eigenvalue weighted by Crippen LogP contribution is -2.02. The van der Waals surface area contributed by atoms with E-state index in [0.717, 1.165) is 31.1 Å². The van der Waals surface area contributed by atoms with Crippen molar-refractivity contribution in [3.8, 4) is 0 Å². The highest BCUT2D eigenvalue weighted by Crippen LogP contribution is 2.28. The van der Waals surface area contributed by atoms with Gasteiger partial charge in [-0.05, 0) is 49.4 Å². The van der Waals surface area contributed by atoms with E-state index in [1.54, 1.807) is 30.6 Å². The topological polar surface area (TPSA) is 82.2 Å². The molecule has 2 rings (SSSR count). The maximum atomic E-state index is 11.0. The number of rotatable bonds is 9. The lowest BCUT2D eigenvalue weighted by Gasteiger charge is -2.03. The van der Waals surface area contributed by atoms with Crippen molar-refractivity contribution < 1.29 is 15.0 Å². The highest BCUT2D eigenvalue weighted by Gasteiger charge is 2.01. The standard InChI is InChI=1S/C20H22N2O3/c23-15-17-10-11-18(22-14-16-7-3-1-4-8-16)19(13-17)21-12-6-2-5-9-20(24)25/h1,3-4,7-8,10-15,20,24-25H,2,5-6,9H2/b21-12+,22-14+. The molecule has 0 atom stereocenters. The first-order valence-electron chi connectivity index (χ1n) is 8.26. The van der Waals surface area contributed by atoms with Gasteiger partial charge in [0.15, 0.2) is 6.29 Å². The molecule has 0 aliphatic heterocycles. The summed E-state index contributed by atoms with van der Waals surface area (Å²) in [5, 5.41) is 17.6. The quantitative estimate of drug-likeness (QED) is 0.315. The minimum atomic E-state index is -1.25. The molecule has 2 N–H and O–H groups in total. The first kappa shape index (κ1) is 18.7. The Bertz CT molecular complexity index is 725. The Morgan fingerprint density at radius 1 is 0.920 bits per heavy atom. The highest BCUT2D eigenvalue weighted by molar-refractivity contribution is 5.86. The zero-order chi connectivity index (χ0) is 17.9. The molecule has 5 nitrogen and oxygen atoms in total. The van der Waals surface area contributed by atoms with Crippen molar-refractivity contribution in [2.45, 2.75) is 32.0 Å². The smallest absolute Gasteiger partial charge is 0.151 e. The van der Waals surface area contributed by atoms with Crippen LogP contribution < -0.4 is 0 Å². The Kier molecular flexibility index (Phi) is 7.69. The van der Waals surface area contributed by atoms with Crippen LogP contribution in [0.4, 0.5) is 11.4 Å². The summed E-state index contributed by atoms with van der Waals surface area (Å²) < 4.78 is 0. The summed E-state index contributed by atoms with van der Waals surface area (Å²) in [6, 6.07) is 15.0. The summed E-state index contributed by atoms with van der Waals surface area (Å²) in [5.74, 6) is 0. The van der Waals surface area contributed by atoms with Gasteiger partial charge >= 0.3 is 0 Å². The predicted octanol–water partition coefficient (Wildman–Crippen LogP) is 3.82. The second kappa shape index (κ2) is 10.3. The van der Waals surface area contributed by atoms with Crippen LogP contribution in [0.25, 0.3) is 0 Å². The molecule has 0 spiro atoms. The van der Waals surface area contributed by atoms with Gasteiger partial charge in [-0.15, -0.1) is 0 Å². The number of aliphatic hydroxyl groups excluding tert-OH is 1. The Morgan fingerprint density at radius 3 is 2.44 bits per heavy atom. The summed E-state index contributed by atoms with van der Waals surface area (Å²) in [4.78, 5) is 19.9. The molecule has 0 aromatic heterocycles. The summed E-state index contributed by atoms with van der Waals surface area (Å²) in [5.41, 5.74) is 2.86. The number of benzene rings is 2. The monoisotopic (exact) mass is 338 g/mol. The van der Waals surface area contributed by atoms with Gasteiger partial charge in [-0.25, -0.2) is 0 Å².